The van der Waals surface area contributed by atoms with Gasteiger partial charge in [0.1, 0.15) is 0 Å². The molecule has 1 aliphatic carbocycles. The lowest BCUT2D eigenvalue weighted by Gasteiger charge is -2.49. The van der Waals surface area contributed by atoms with Crippen molar-refractivity contribution in [2.24, 2.45) is 17.1 Å². The van der Waals surface area contributed by atoms with Crippen LogP contribution in [0.3, 0.4) is 0 Å². The van der Waals surface area contributed by atoms with Crippen molar-refractivity contribution in [1.82, 2.24) is 4.90 Å². The second-order valence-corrected chi connectivity index (χ2v) is 5.64. The summed E-state index contributed by atoms with van der Waals surface area (Å²) in [6, 6.07) is 0.863. The first-order valence-electron chi connectivity index (χ1n) is 5.55. The highest BCUT2D eigenvalue weighted by molar-refractivity contribution is 4.94. The monoisotopic (exact) mass is 182 g/mol. The summed E-state index contributed by atoms with van der Waals surface area (Å²) in [6.45, 7) is 8.22. The molecule has 0 aromatic carbocycles. The van der Waals surface area contributed by atoms with Crippen LogP contribution in [0.1, 0.15) is 33.1 Å². The topological polar surface area (TPSA) is 29.3 Å². The predicted octanol–water partition coefficient (Wildman–Crippen LogP) is 1.46. The first-order valence-corrected chi connectivity index (χ1v) is 5.55. The van der Waals surface area contributed by atoms with E-state index in [1.165, 1.54) is 32.4 Å². The summed E-state index contributed by atoms with van der Waals surface area (Å²) in [5, 5.41) is 0. The molecule has 2 nitrogen and oxygen atoms in total. The van der Waals surface area contributed by atoms with Crippen LogP contribution in [-0.2, 0) is 0 Å². The Morgan fingerprint density at radius 1 is 1.31 bits per heavy atom. The van der Waals surface area contributed by atoms with E-state index in [4.69, 9.17) is 5.73 Å². The third-order valence-electron chi connectivity index (χ3n) is 3.63. The SMILES string of the molecule is CC1(C)CN(C2CCC(CN)C2)C1. The summed E-state index contributed by atoms with van der Waals surface area (Å²) in [7, 11) is 0. The molecule has 0 bridgehead atoms. The molecular weight excluding hydrogens is 160 g/mol. The van der Waals surface area contributed by atoms with Gasteiger partial charge in [0, 0.05) is 19.1 Å². The van der Waals surface area contributed by atoms with E-state index in [9.17, 15) is 0 Å². The maximum atomic E-state index is 5.69. The summed E-state index contributed by atoms with van der Waals surface area (Å²) < 4.78 is 0. The number of hydrogen-bond acceptors (Lipinski definition) is 2. The smallest absolute Gasteiger partial charge is 0.00989 e. The fourth-order valence-electron chi connectivity index (χ4n) is 2.91. The largest absolute Gasteiger partial charge is 0.330 e. The second kappa shape index (κ2) is 3.25. The first-order chi connectivity index (χ1) is 6.11. The number of nitrogens with two attached hydrogens (primary N) is 1. The molecule has 76 valence electrons. The standard InChI is InChI=1S/C11H22N2/c1-11(2)7-13(8-11)10-4-3-9(5-10)6-12/h9-10H,3-8,12H2,1-2H3. The third kappa shape index (κ3) is 1.89. The molecule has 2 fully saturated rings. The molecule has 2 atom stereocenters. The highest BCUT2D eigenvalue weighted by Crippen LogP contribution is 2.37. The Bertz CT molecular complexity index is 181. The van der Waals surface area contributed by atoms with Gasteiger partial charge in [0.25, 0.3) is 0 Å². The van der Waals surface area contributed by atoms with Crippen molar-refractivity contribution in [2.75, 3.05) is 19.6 Å². The molecule has 0 spiro atoms. The maximum absolute atomic E-state index is 5.69. The minimum Gasteiger partial charge on any atom is -0.330 e. The number of hydrogen-bond donors (Lipinski definition) is 1. The van der Waals surface area contributed by atoms with Crippen LogP contribution < -0.4 is 5.73 Å². The zero-order valence-electron chi connectivity index (χ0n) is 8.92. The lowest BCUT2D eigenvalue weighted by atomic mass is 9.83. The van der Waals surface area contributed by atoms with Gasteiger partial charge in [0.15, 0.2) is 0 Å². The van der Waals surface area contributed by atoms with Crippen molar-refractivity contribution in [3.05, 3.63) is 0 Å². The quantitative estimate of drug-likeness (QED) is 0.700. The molecule has 2 unspecified atom stereocenters. The van der Waals surface area contributed by atoms with Crippen LogP contribution >= 0.6 is 0 Å². The van der Waals surface area contributed by atoms with Crippen LogP contribution in [0.25, 0.3) is 0 Å². The van der Waals surface area contributed by atoms with Crippen molar-refractivity contribution in [1.29, 1.82) is 0 Å². The highest BCUT2D eigenvalue weighted by Gasteiger charge is 2.40. The van der Waals surface area contributed by atoms with Gasteiger partial charge < -0.3 is 5.73 Å². The van der Waals surface area contributed by atoms with E-state index in [1.54, 1.807) is 0 Å². The Kier molecular flexibility index (Phi) is 2.37. The molecule has 2 heteroatoms. The minimum atomic E-state index is 0.584. The van der Waals surface area contributed by atoms with Gasteiger partial charge in [-0.25, -0.2) is 0 Å². The highest BCUT2D eigenvalue weighted by atomic mass is 15.2. The Labute approximate surface area is 81.5 Å². The van der Waals surface area contributed by atoms with Gasteiger partial charge in [0.05, 0.1) is 0 Å². The average Bonchev–Trinajstić information content (AvgIpc) is 2.47. The van der Waals surface area contributed by atoms with Gasteiger partial charge in [0.2, 0.25) is 0 Å². The molecule has 0 radical (unpaired) electrons. The molecule has 1 heterocycles. The molecule has 13 heavy (non-hydrogen) atoms. The molecular formula is C11H22N2. The van der Waals surface area contributed by atoms with E-state index in [2.05, 4.69) is 18.7 Å². The van der Waals surface area contributed by atoms with E-state index in [1.807, 2.05) is 0 Å². The molecule has 2 aliphatic rings. The number of rotatable bonds is 2. The van der Waals surface area contributed by atoms with Gasteiger partial charge in [-0.1, -0.05) is 13.8 Å². The number of likely N-dealkylation sites (tertiary alicyclic amines) is 1. The molecule has 1 saturated carbocycles. The van der Waals surface area contributed by atoms with Gasteiger partial charge in [-0.2, -0.15) is 0 Å². The van der Waals surface area contributed by atoms with Gasteiger partial charge in [-0.05, 0) is 37.1 Å². The normalized spacial score (nSPS) is 39.0. The van der Waals surface area contributed by atoms with Crippen molar-refractivity contribution >= 4 is 0 Å². The van der Waals surface area contributed by atoms with E-state index < -0.39 is 0 Å². The van der Waals surface area contributed by atoms with Gasteiger partial charge in [-0.15, -0.1) is 0 Å². The van der Waals surface area contributed by atoms with Gasteiger partial charge in [-0.3, -0.25) is 4.90 Å². The molecule has 2 rings (SSSR count). The minimum absolute atomic E-state index is 0.584. The van der Waals surface area contributed by atoms with Crippen molar-refractivity contribution < 1.29 is 0 Å². The molecule has 1 saturated heterocycles. The average molecular weight is 182 g/mol. The Hall–Kier alpha value is -0.0800. The van der Waals surface area contributed by atoms with Crippen molar-refractivity contribution in [3.63, 3.8) is 0 Å². The lowest BCUT2D eigenvalue weighted by Crippen LogP contribution is -2.56. The van der Waals surface area contributed by atoms with Crippen LogP contribution in [0.5, 0.6) is 0 Å². The van der Waals surface area contributed by atoms with Crippen LogP contribution in [-0.4, -0.2) is 30.6 Å². The summed E-state index contributed by atoms with van der Waals surface area (Å²) >= 11 is 0. The van der Waals surface area contributed by atoms with Crippen LogP contribution in [0.4, 0.5) is 0 Å². The number of nitrogens with zero attached hydrogens (tertiary/aromatic N) is 1. The van der Waals surface area contributed by atoms with Crippen LogP contribution in [0.2, 0.25) is 0 Å². The van der Waals surface area contributed by atoms with E-state index >= 15 is 0 Å². The predicted molar refractivity (Wildman–Crippen MR) is 55.5 cm³/mol. The van der Waals surface area contributed by atoms with E-state index in [-0.39, 0.29) is 0 Å². The van der Waals surface area contributed by atoms with E-state index in [0.717, 1.165) is 18.5 Å². The van der Waals surface area contributed by atoms with Crippen LogP contribution in [0, 0.1) is 11.3 Å². The zero-order chi connectivity index (χ0) is 9.47. The molecule has 0 aromatic rings. The summed E-state index contributed by atoms with van der Waals surface area (Å²) in [5.74, 6) is 0.814. The van der Waals surface area contributed by atoms with Crippen LogP contribution in [0.15, 0.2) is 0 Å². The van der Waals surface area contributed by atoms with Crippen molar-refractivity contribution in [3.8, 4) is 0 Å². The Morgan fingerprint density at radius 2 is 2.00 bits per heavy atom. The molecule has 0 aromatic heterocycles. The molecule has 2 N–H and O–H groups in total. The fraction of sp³-hybridized carbons (Fsp3) is 1.00. The van der Waals surface area contributed by atoms with E-state index in [0.29, 0.717) is 5.41 Å². The maximum Gasteiger partial charge on any atom is 0.00989 e. The Balaban J connectivity index is 1.79. The zero-order valence-corrected chi connectivity index (χ0v) is 8.92. The summed E-state index contributed by atoms with van der Waals surface area (Å²) in [4.78, 5) is 2.65. The third-order valence-corrected chi connectivity index (χ3v) is 3.63. The molecule has 0 amide bonds. The fourth-order valence-corrected chi connectivity index (χ4v) is 2.91. The second-order valence-electron chi connectivity index (χ2n) is 5.64. The van der Waals surface area contributed by atoms with Crippen molar-refractivity contribution in [2.45, 2.75) is 39.2 Å². The summed E-state index contributed by atoms with van der Waals surface area (Å²) in [5.41, 5.74) is 6.27. The molecule has 1 aliphatic heterocycles. The lowest BCUT2D eigenvalue weighted by molar-refractivity contribution is -0.00481. The summed E-state index contributed by atoms with van der Waals surface area (Å²) in [6.07, 6.45) is 4.10. The first kappa shape index (κ1) is 9.47. The Morgan fingerprint density at radius 3 is 2.46 bits per heavy atom. The van der Waals surface area contributed by atoms with Gasteiger partial charge >= 0.3 is 0 Å².